The number of hydrogen-bond donors (Lipinski definition) is 0. The number of pyridine rings is 1. The van der Waals surface area contributed by atoms with Crippen LogP contribution in [-0.2, 0) is 6.42 Å². The highest BCUT2D eigenvalue weighted by atomic mass is 14.6. The van der Waals surface area contributed by atoms with Crippen LogP contribution >= 0.6 is 0 Å². The Bertz CT molecular complexity index is 443. The van der Waals surface area contributed by atoms with Gasteiger partial charge in [0, 0.05) is 17.8 Å². The van der Waals surface area contributed by atoms with Crippen LogP contribution in [0.25, 0.3) is 10.8 Å². The van der Waals surface area contributed by atoms with E-state index >= 15 is 0 Å². The molecule has 84 valence electrons. The Morgan fingerprint density at radius 2 is 1.88 bits per heavy atom. The first-order valence-electron chi connectivity index (χ1n) is 6.23. The molecular weight excluding hydrogens is 194 g/mol. The molecule has 2 aromatic rings. The number of unbranched alkanes of at least 4 members (excludes halogenated alkanes) is 3. The highest BCUT2D eigenvalue weighted by molar-refractivity contribution is 5.84. The van der Waals surface area contributed by atoms with Crippen molar-refractivity contribution in [1.82, 2.24) is 4.98 Å². The van der Waals surface area contributed by atoms with E-state index in [1.54, 1.807) is 0 Å². The molecule has 0 amide bonds. The van der Waals surface area contributed by atoms with Gasteiger partial charge < -0.3 is 0 Å². The lowest BCUT2D eigenvalue weighted by atomic mass is 10.0. The van der Waals surface area contributed by atoms with Crippen LogP contribution in [0.5, 0.6) is 0 Å². The minimum Gasteiger partial charge on any atom is -0.264 e. The molecule has 1 nitrogen and oxygen atoms in total. The standard InChI is InChI=1S/C15H19N/c1-2-3-4-5-8-13-11-16-12-14-9-6-7-10-15(13)14/h6-7,9-12H,2-5,8H2,1H3. The molecule has 2 rings (SSSR count). The third kappa shape index (κ3) is 2.60. The Balaban J connectivity index is 2.11. The van der Waals surface area contributed by atoms with E-state index in [4.69, 9.17) is 0 Å². The number of rotatable bonds is 5. The lowest BCUT2D eigenvalue weighted by Gasteiger charge is -2.05. The van der Waals surface area contributed by atoms with Gasteiger partial charge in [-0.25, -0.2) is 0 Å². The van der Waals surface area contributed by atoms with Crippen molar-refractivity contribution < 1.29 is 0 Å². The van der Waals surface area contributed by atoms with Gasteiger partial charge >= 0.3 is 0 Å². The number of hydrogen-bond acceptors (Lipinski definition) is 1. The van der Waals surface area contributed by atoms with Gasteiger partial charge in [0.25, 0.3) is 0 Å². The van der Waals surface area contributed by atoms with Gasteiger partial charge in [-0.3, -0.25) is 4.98 Å². The summed E-state index contributed by atoms with van der Waals surface area (Å²) in [5.41, 5.74) is 1.40. The maximum Gasteiger partial charge on any atom is 0.0346 e. The number of aryl methyl sites for hydroxylation is 1. The Labute approximate surface area is 97.5 Å². The minimum absolute atomic E-state index is 1.16. The Morgan fingerprint density at radius 1 is 1.00 bits per heavy atom. The van der Waals surface area contributed by atoms with E-state index in [1.165, 1.54) is 42.0 Å². The van der Waals surface area contributed by atoms with Crippen molar-refractivity contribution in [2.45, 2.75) is 39.0 Å². The zero-order valence-electron chi connectivity index (χ0n) is 9.95. The van der Waals surface area contributed by atoms with Gasteiger partial charge in [0.1, 0.15) is 0 Å². The highest BCUT2D eigenvalue weighted by Gasteiger charge is 2.00. The third-order valence-corrected chi connectivity index (χ3v) is 3.05. The van der Waals surface area contributed by atoms with E-state index < -0.39 is 0 Å². The summed E-state index contributed by atoms with van der Waals surface area (Å²) in [5.74, 6) is 0. The first-order valence-corrected chi connectivity index (χ1v) is 6.23. The molecule has 1 aromatic heterocycles. The molecule has 0 unspecified atom stereocenters. The molecule has 0 N–H and O–H groups in total. The summed E-state index contributed by atoms with van der Waals surface area (Å²) in [6, 6.07) is 8.52. The van der Waals surface area contributed by atoms with Crippen LogP contribution in [0.2, 0.25) is 0 Å². The molecule has 0 aliphatic heterocycles. The maximum atomic E-state index is 4.31. The number of nitrogens with zero attached hydrogens (tertiary/aromatic N) is 1. The topological polar surface area (TPSA) is 12.9 Å². The Kier molecular flexibility index (Phi) is 3.92. The van der Waals surface area contributed by atoms with Crippen molar-refractivity contribution in [3.05, 3.63) is 42.2 Å². The van der Waals surface area contributed by atoms with Gasteiger partial charge in [-0.2, -0.15) is 0 Å². The van der Waals surface area contributed by atoms with Gasteiger partial charge in [0.2, 0.25) is 0 Å². The van der Waals surface area contributed by atoms with Gasteiger partial charge in [0.15, 0.2) is 0 Å². The normalized spacial score (nSPS) is 10.8. The second kappa shape index (κ2) is 5.64. The summed E-state index contributed by atoms with van der Waals surface area (Å²) in [5, 5.41) is 2.63. The average Bonchev–Trinajstić information content (AvgIpc) is 2.35. The maximum absolute atomic E-state index is 4.31. The van der Waals surface area contributed by atoms with Crippen LogP contribution < -0.4 is 0 Å². The lowest BCUT2D eigenvalue weighted by Crippen LogP contribution is -1.89. The fraction of sp³-hybridized carbons (Fsp3) is 0.400. The molecule has 1 heterocycles. The van der Waals surface area contributed by atoms with Crippen molar-refractivity contribution >= 4 is 10.8 Å². The predicted molar refractivity (Wildman–Crippen MR) is 69.6 cm³/mol. The van der Waals surface area contributed by atoms with Crippen LogP contribution in [0.3, 0.4) is 0 Å². The van der Waals surface area contributed by atoms with Gasteiger partial charge in [-0.05, 0) is 23.8 Å². The zero-order chi connectivity index (χ0) is 11.2. The van der Waals surface area contributed by atoms with Gasteiger partial charge in [-0.1, -0.05) is 50.5 Å². The second-order valence-electron chi connectivity index (χ2n) is 4.33. The Morgan fingerprint density at radius 3 is 2.75 bits per heavy atom. The summed E-state index contributed by atoms with van der Waals surface area (Å²) in [6.07, 6.45) is 10.4. The molecule has 16 heavy (non-hydrogen) atoms. The largest absolute Gasteiger partial charge is 0.264 e. The molecule has 0 spiro atoms. The summed E-state index contributed by atoms with van der Waals surface area (Å²) in [6.45, 7) is 2.25. The van der Waals surface area contributed by atoms with Crippen LogP contribution in [0, 0.1) is 0 Å². The average molecular weight is 213 g/mol. The number of aromatic nitrogens is 1. The van der Waals surface area contributed by atoms with Crippen LogP contribution in [0.4, 0.5) is 0 Å². The smallest absolute Gasteiger partial charge is 0.0346 e. The SMILES string of the molecule is CCCCCCc1cncc2ccccc12. The summed E-state index contributed by atoms with van der Waals surface area (Å²) >= 11 is 0. The molecule has 0 fully saturated rings. The van der Waals surface area contributed by atoms with Crippen molar-refractivity contribution in [3.63, 3.8) is 0 Å². The van der Waals surface area contributed by atoms with Crippen LogP contribution in [-0.4, -0.2) is 4.98 Å². The molecule has 0 bridgehead atoms. The molecule has 0 saturated heterocycles. The molecule has 1 aromatic carbocycles. The summed E-state index contributed by atoms with van der Waals surface area (Å²) in [4.78, 5) is 4.31. The first-order chi connectivity index (χ1) is 7.92. The molecule has 1 heteroatoms. The lowest BCUT2D eigenvalue weighted by molar-refractivity contribution is 0.667. The van der Waals surface area contributed by atoms with Gasteiger partial charge in [0.05, 0.1) is 0 Å². The first kappa shape index (κ1) is 11.1. The fourth-order valence-electron chi connectivity index (χ4n) is 2.12. The molecule has 0 aliphatic rings. The minimum atomic E-state index is 1.16. The third-order valence-electron chi connectivity index (χ3n) is 3.05. The van der Waals surface area contributed by atoms with E-state index in [9.17, 15) is 0 Å². The quantitative estimate of drug-likeness (QED) is 0.672. The van der Waals surface area contributed by atoms with E-state index in [0.29, 0.717) is 0 Å². The summed E-state index contributed by atoms with van der Waals surface area (Å²) < 4.78 is 0. The molecule has 0 atom stereocenters. The second-order valence-corrected chi connectivity index (χ2v) is 4.33. The van der Waals surface area contributed by atoms with E-state index in [-0.39, 0.29) is 0 Å². The van der Waals surface area contributed by atoms with E-state index in [0.717, 1.165) is 6.42 Å². The van der Waals surface area contributed by atoms with Crippen molar-refractivity contribution in [3.8, 4) is 0 Å². The van der Waals surface area contributed by atoms with Crippen LogP contribution in [0.15, 0.2) is 36.7 Å². The molecule has 0 radical (unpaired) electrons. The zero-order valence-corrected chi connectivity index (χ0v) is 9.95. The van der Waals surface area contributed by atoms with Gasteiger partial charge in [-0.15, -0.1) is 0 Å². The molecular formula is C15H19N. The number of fused-ring (bicyclic) bond motifs is 1. The summed E-state index contributed by atoms with van der Waals surface area (Å²) in [7, 11) is 0. The van der Waals surface area contributed by atoms with Crippen molar-refractivity contribution in [1.29, 1.82) is 0 Å². The van der Waals surface area contributed by atoms with Crippen molar-refractivity contribution in [2.75, 3.05) is 0 Å². The monoisotopic (exact) mass is 213 g/mol. The highest BCUT2D eigenvalue weighted by Crippen LogP contribution is 2.19. The molecule has 0 aliphatic carbocycles. The predicted octanol–water partition coefficient (Wildman–Crippen LogP) is 4.36. The fourth-order valence-corrected chi connectivity index (χ4v) is 2.12. The number of benzene rings is 1. The molecule has 0 saturated carbocycles. The van der Waals surface area contributed by atoms with E-state index in [2.05, 4.69) is 36.2 Å². The van der Waals surface area contributed by atoms with E-state index in [1.807, 2.05) is 12.4 Å². The van der Waals surface area contributed by atoms with Crippen molar-refractivity contribution in [2.24, 2.45) is 0 Å². The van der Waals surface area contributed by atoms with Crippen LogP contribution in [0.1, 0.15) is 38.2 Å². The Hall–Kier alpha value is -1.37.